The Balaban J connectivity index is 3.99. The Morgan fingerprint density at radius 3 is 2.31 bits per heavy atom. The first-order chi connectivity index (χ1) is 7.38. The first-order valence-electron chi connectivity index (χ1n) is 4.56. The predicted molar refractivity (Wildman–Crippen MR) is 59.8 cm³/mol. The molecule has 0 aliphatic carbocycles. The van der Waals surface area contributed by atoms with Crippen LogP contribution >= 0.6 is 12.6 Å². The van der Waals surface area contributed by atoms with E-state index in [1.807, 2.05) is 0 Å². The first kappa shape index (κ1) is 14.7. The third-order valence-corrected chi connectivity index (χ3v) is 2.23. The highest BCUT2D eigenvalue weighted by Crippen LogP contribution is 1.96. The molecule has 0 aromatic rings. The summed E-state index contributed by atoms with van der Waals surface area (Å²) in [5.41, 5.74) is 10.2. The van der Waals surface area contributed by atoms with E-state index >= 15 is 0 Å². The minimum atomic E-state index is -1.16. The van der Waals surface area contributed by atoms with E-state index in [2.05, 4.69) is 17.9 Å². The van der Waals surface area contributed by atoms with Crippen LogP contribution in [0.3, 0.4) is 0 Å². The van der Waals surface area contributed by atoms with E-state index in [1.54, 1.807) is 0 Å². The third kappa shape index (κ3) is 5.56. The summed E-state index contributed by atoms with van der Waals surface area (Å²) in [5.74, 6) is -2.37. The summed E-state index contributed by atoms with van der Waals surface area (Å²) in [5, 5.41) is 10.9. The van der Waals surface area contributed by atoms with Crippen molar-refractivity contribution in [3.63, 3.8) is 0 Å². The highest BCUT2D eigenvalue weighted by molar-refractivity contribution is 7.80. The second-order valence-electron chi connectivity index (χ2n) is 3.19. The lowest BCUT2D eigenvalue weighted by molar-refractivity contribution is -0.141. The number of carbonyl (C=O) groups excluding carboxylic acids is 2. The van der Waals surface area contributed by atoms with E-state index in [-0.39, 0.29) is 18.6 Å². The Kier molecular flexibility index (Phi) is 6.50. The van der Waals surface area contributed by atoms with Gasteiger partial charge in [-0.25, -0.2) is 4.79 Å². The monoisotopic (exact) mass is 249 g/mol. The van der Waals surface area contributed by atoms with E-state index in [0.717, 1.165) is 0 Å². The lowest BCUT2D eigenvalue weighted by Crippen LogP contribution is -2.43. The van der Waals surface area contributed by atoms with Gasteiger partial charge in [0.2, 0.25) is 11.8 Å². The van der Waals surface area contributed by atoms with E-state index < -0.39 is 29.9 Å². The van der Waals surface area contributed by atoms with Gasteiger partial charge in [0.1, 0.15) is 6.04 Å². The summed E-state index contributed by atoms with van der Waals surface area (Å²) in [6, 6.07) is -1.94. The average Bonchev–Trinajstić information content (AvgIpc) is 2.21. The maximum atomic E-state index is 11.2. The third-order valence-electron chi connectivity index (χ3n) is 1.86. The second-order valence-corrected chi connectivity index (χ2v) is 3.55. The molecule has 0 aromatic heterocycles. The molecule has 0 rings (SSSR count). The van der Waals surface area contributed by atoms with Crippen LogP contribution in [0.1, 0.15) is 12.8 Å². The fourth-order valence-electron chi connectivity index (χ4n) is 0.881. The number of carboxylic acid groups (broad SMARTS) is 1. The van der Waals surface area contributed by atoms with Gasteiger partial charge in [-0.2, -0.15) is 12.6 Å². The highest BCUT2D eigenvalue weighted by atomic mass is 32.1. The van der Waals surface area contributed by atoms with Crippen molar-refractivity contribution in [2.75, 3.05) is 5.75 Å². The van der Waals surface area contributed by atoms with Crippen LogP contribution in [0.25, 0.3) is 0 Å². The number of rotatable bonds is 7. The van der Waals surface area contributed by atoms with Crippen LogP contribution in [-0.2, 0) is 14.4 Å². The number of thiol groups is 1. The van der Waals surface area contributed by atoms with Gasteiger partial charge in [-0.1, -0.05) is 0 Å². The van der Waals surface area contributed by atoms with Crippen LogP contribution in [0, 0.1) is 0 Å². The van der Waals surface area contributed by atoms with Crippen LogP contribution in [0.5, 0.6) is 0 Å². The van der Waals surface area contributed by atoms with E-state index in [4.69, 9.17) is 16.6 Å². The fraction of sp³-hybridized carbons (Fsp3) is 0.625. The minimum Gasteiger partial charge on any atom is -0.480 e. The lowest BCUT2D eigenvalue weighted by Gasteiger charge is -2.12. The molecule has 0 bridgehead atoms. The largest absolute Gasteiger partial charge is 0.480 e. The SMILES string of the molecule is NC(=O)[C@@H](N)CCC(=O)N[C@@H](CS)C(=O)O. The van der Waals surface area contributed by atoms with Crippen molar-refractivity contribution in [1.29, 1.82) is 0 Å². The average molecular weight is 249 g/mol. The second kappa shape index (κ2) is 7.07. The molecule has 0 saturated carbocycles. The topological polar surface area (TPSA) is 136 Å². The fourth-order valence-corrected chi connectivity index (χ4v) is 1.13. The minimum absolute atomic E-state index is 0.0110. The van der Waals surface area contributed by atoms with Gasteiger partial charge < -0.3 is 21.9 Å². The van der Waals surface area contributed by atoms with Crippen LogP contribution in [0.2, 0.25) is 0 Å². The first-order valence-corrected chi connectivity index (χ1v) is 5.19. The number of hydrogen-bond acceptors (Lipinski definition) is 5. The number of hydrogen-bond donors (Lipinski definition) is 5. The van der Waals surface area contributed by atoms with Gasteiger partial charge in [0.15, 0.2) is 0 Å². The molecule has 6 N–H and O–H groups in total. The smallest absolute Gasteiger partial charge is 0.327 e. The molecule has 0 aromatic carbocycles. The number of nitrogens with two attached hydrogens (primary N) is 2. The quantitative estimate of drug-likeness (QED) is 0.335. The summed E-state index contributed by atoms with van der Waals surface area (Å²) in [6.45, 7) is 0. The molecule has 0 fully saturated rings. The standard InChI is InChI=1S/C8H15N3O4S/c9-4(7(10)13)1-2-6(12)11-5(3-16)8(14)15/h4-5,16H,1-3,9H2,(H2,10,13)(H,11,12)(H,14,15)/t4-,5-/m0/s1. The Bertz CT molecular complexity index is 284. The summed E-state index contributed by atoms with van der Waals surface area (Å²) < 4.78 is 0. The van der Waals surface area contributed by atoms with E-state index in [9.17, 15) is 14.4 Å². The number of amides is 2. The van der Waals surface area contributed by atoms with Gasteiger partial charge in [-0.05, 0) is 6.42 Å². The number of carboxylic acids is 1. The van der Waals surface area contributed by atoms with Crippen molar-refractivity contribution in [1.82, 2.24) is 5.32 Å². The lowest BCUT2D eigenvalue weighted by atomic mass is 10.1. The number of nitrogens with one attached hydrogen (secondary N) is 1. The van der Waals surface area contributed by atoms with Crippen LogP contribution in [-0.4, -0.2) is 40.7 Å². The molecule has 7 nitrogen and oxygen atoms in total. The molecule has 0 heterocycles. The Morgan fingerprint density at radius 1 is 1.38 bits per heavy atom. The van der Waals surface area contributed by atoms with Crippen molar-refractivity contribution in [3.8, 4) is 0 Å². The van der Waals surface area contributed by atoms with Gasteiger partial charge in [-0.3, -0.25) is 9.59 Å². The summed E-state index contributed by atoms with van der Waals surface area (Å²) >= 11 is 3.78. The molecular weight excluding hydrogens is 234 g/mol. The normalized spacial score (nSPS) is 13.9. The van der Waals surface area contributed by atoms with Gasteiger partial charge in [0, 0.05) is 12.2 Å². The molecule has 2 atom stereocenters. The van der Waals surface area contributed by atoms with Gasteiger partial charge in [-0.15, -0.1) is 0 Å². The molecule has 0 aliphatic heterocycles. The Hall–Kier alpha value is -1.28. The van der Waals surface area contributed by atoms with Crippen LogP contribution in [0.4, 0.5) is 0 Å². The molecule has 16 heavy (non-hydrogen) atoms. The van der Waals surface area contributed by atoms with E-state index in [0.29, 0.717) is 0 Å². The Morgan fingerprint density at radius 2 is 1.94 bits per heavy atom. The molecule has 0 aliphatic rings. The van der Waals surface area contributed by atoms with Gasteiger partial charge in [0.25, 0.3) is 0 Å². The number of aliphatic carboxylic acids is 1. The molecule has 8 heteroatoms. The molecule has 2 amide bonds. The van der Waals surface area contributed by atoms with Crippen LogP contribution < -0.4 is 16.8 Å². The van der Waals surface area contributed by atoms with Crippen molar-refractivity contribution < 1.29 is 19.5 Å². The molecule has 0 spiro atoms. The zero-order valence-corrected chi connectivity index (χ0v) is 9.44. The van der Waals surface area contributed by atoms with Crippen molar-refractivity contribution in [2.24, 2.45) is 11.5 Å². The Labute approximate surface area is 98.0 Å². The van der Waals surface area contributed by atoms with Crippen molar-refractivity contribution >= 4 is 30.4 Å². The van der Waals surface area contributed by atoms with Gasteiger partial charge >= 0.3 is 5.97 Å². The highest BCUT2D eigenvalue weighted by Gasteiger charge is 2.19. The van der Waals surface area contributed by atoms with Crippen molar-refractivity contribution in [2.45, 2.75) is 24.9 Å². The summed E-state index contributed by atoms with van der Waals surface area (Å²) in [6.07, 6.45) is 0.0295. The maximum Gasteiger partial charge on any atom is 0.327 e. The molecule has 92 valence electrons. The van der Waals surface area contributed by atoms with Crippen LogP contribution in [0.15, 0.2) is 0 Å². The summed E-state index contributed by atoms with van der Waals surface area (Å²) in [4.78, 5) is 32.3. The molecule has 0 saturated heterocycles. The van der Waals surface area contributed by atoms with E-state index in [1.165, 1.54) is 0 Å². The number of primary amides is 1. The molecular formula is C8H15N3O4S. The maximum absolute atomic E-state index is 11.2. The zero-order valence-electron chi connectivity index (χ0n) is 8.55. The zero-order chi connectivity index (χ0) is 12.7. The number of carbonyl (C=O) groups is 3. The van der Waals surface area contributed by atoms with Crippen molar-refractivity contribution in [3.05, 3.63) is 0 Å². The summed E-state index contributed by atoms with van der Waals surface area (Å²) in [7, 11) is 0. The molecule has 0 unspecified atom stereocenters. The molecule has 0 radical (unpaired) electrons. The van der Waals surface area contributed by atoms with Gasteiger partial charge in [0.05, 0.1) is 6.04 Å². The predicted octanol–water partition coefficient (Wildman–Crippen LogP) is -1.92.